The normalized spacial score (nSPS) is 11.8. The molecule has 0 aliphatic rings. The standard InChI is InChI=1S/C21H23N3O2/c1-15-8-10-16(11-9-15)14-19(25)23-20(21-22-12-13-24(21)2)17-6-4-5-7-18(17)26-3/h4-13,20H,14H2,1-3H3,(H,23,25). The van der Waals surface area contributed by atoms with E-state index in [0.29, 0.717) is 6.42 Å². The minimum Gasteiger partial charge on any atom is -0.496 e. The Morgan fingerprint density at radius 3 is 2.58 bits per heavy atom. The van der Waals surface area contributed by atoms with E-state index in [9.17, 15) is 4.79 Å². The number of aromatic nitrogens is 2. The van der Waals surface area contributed by atoms with E-state index in [-0.39, 0.29) is 11.9 Å². The first kappa shape index (κ1) is 17.7. The lowest BCUT2D eigenvalue weighted by atomic mass is 10.0. The Hall–Kier alpha value is -3.08. The first-order valence-corrected chi connectivity index (χ1v) is 8.53. The van der Waals surface area contributed by atoms with Crippen LogP contribution in [0, 0.1) is 6.92 Å². The average Bonchev–Trinajstić information content (AvgIpc) is 3.07. The molecule has 2 aromatic carbocycles. The first-order valence-electron chi connectivity index (χ1n) is 8.53. The Morgan fingerprint density at radius 2 is 1.92 bits per heavy atom. The fraction of sp³-hybridized carbons (Fsp3) is 0.238. The predicted molar refractivity (Wildman–Crippen MR) is 101 cm³/mol. The fourth-order valence-corrected chi connectivity index (χ4v) is 2.94. The number of benzene rings is 2. The highest BCUT2D eigenvalue weighted by molar-refractivity contribution is 5.79. The van der Waals surface area contributed by atoms with Gasteiger partial charge in [-0.05, 0) is 18.6 Å². The van der Waals surface area contributed by atoms with Crippen LogP contribution >= 0.6 is 0 Å². The van der Waals surface area contributed by atoms with Crippen molar-refractivity contribution in [1.29, 1.82) is 0 Å². The number of para-hydroxylation sites is 1. The Morgan fingerprint density at radius 1 is 1.19 bits per heavy atom. The van der Waals surface area contributed by atoms with Gasteiger partial charge in [-0.2, -0.15) is 0 Å². The highest BCUT2D eigenvalue weighted by Gasteiger charge is 2.23. The van der Waals surface area contributed by atoms with Crippen molar-refractivity contribution in [2.75, 3.05) is 7.11 Å². The molecule has 0 saturated carbocycles. The maximum absolute atomic E-state index is 12.7. The first-order chi connectivity index (χ1) is 12.6. The average molecular weight is 349 g/mol. The number of carbonyl (C=O) groups excluding carboxylic acids is 1. The second kappa shape index (κ2) is 7.87. The number of nitrogens with one attached hydrogen (secondary N) is 1. The molecule has 1 amide bonds. The van der Waals surface area contributed by atoms with Gasteiger partial charge < -0.3 is 14.6 Å². The lowest BCUT2D eigenvalue weighted by molar-refractivity contribution is -0.121. The van der Waals surface area contributed by atoms with Gasteiger partial charge in [0.15, 0.2) is 0 Å². The molecule has 1 heterocycles. The van der Waals surface area contributed by atoms with E-state index in [1.54, 1.807) is 13.3 Å². The summed E-state index contributed by atoms with van der Waals surface area (Å²) in [5.74, 6) is 1.41. The van der Waals surface area contributed by atoms with Crippen LogP contribution in [0.3, 0.4) is 0 Å². The highest BCUT2D eigenvalue weighted by atomic mass is 16.5. The van der Waals surface area contributed by atoms with Crippen molar-refractivity contribution < 1.29 is 9.53 Å². The predicted octanol–water partition coefficient (Wildman–Crippen LogP) is 3.19. The molecule has 1 unspecified atom stereocenters. The van der Waals surface area contributed by atoms with Gasteiger partial charge in [0, 0.05) is 25.0 Å². The zero-order chi connectivity index (χ0) is 18.5. The highest BCUT2D eigenvalue weighted by Crippen LogP contribution is 2.29. The number of hydrogen-bond acceptors (Lipinski definition) is 3. The topological polar surface area (TPSA) is 56.1 Å². The van der Waals surface area contributed by atoms with Crippen LogP contribution in [0.5, 0.6) is 5.75 Å². The quantitative estimate of drug-likeness (QED) is 0.744. The Labute approximate surface area is 153 Å². The molecule has 1 N–H and O–H groups in total. The molecule has 0 aliphatic carbocycles. The van der Waals surface area contributed by atoms with Gasteiger partial charge in [-0.3, -0.25) is 4.79 Å². The van der Waals surface area contributed by atoms with Gasteiger partial charge in [0.05, 0.1) is 13.5 Å². The fourth-order valence-electron chi connectivity index (χ4n) is 2.94. The Bertz CT molecular complexity index is 884. The van der Waals surface area contributed by atoms with Crippen LogP contribution in [0.4, 0.5) is 0 Å². The molecule has 0 spiro atoms. The molecule has 1 aromatic heterocycles. The molecular formula is C21H23N3O2. The van der Waals surface area contributed by atoms with Gasteiger partial charge >= 0.3 is 0 Å². The van der Waals surface area contributed by atoms with E-state index >= 15 is 0 Å². The third-order valence-corrected chi connectivity index (χ3v) is 4.36. The van der Waals surface area contributed by atoms with Crippen LogP contribution in [0.2, 0.25) is 0 Å². The van der Waals surface area contributed by atoms with Crippen LogP contribution in [0.25, 0.3) is 0 Å². The molecule has 0 fully saturated rings. The summed E-state index contributed by atoms with van der Waals surface area (Å²) in [4.78, 5) is 17.1. The zero-order valence-corrected chi connectivity index (χ0v) is 15.3. The van der Waals surface area contributed by atoms with Gasteiger partial charge in [-0.15, -0.1) is 0 Å². The number of imidazole rings is 1. The maximum Gasteiger partial charge on any atom is 0.225 e. The number of rotatable bonds is 6. The van der Waals surface area contributed by atoms with Gasteiger partial charge in [0.2, 0.25) is 5.91 Å². The summed E-state index contributed by atoms with van der Waals surface area (Å²) in [6, 6.07) is 15.3. The van der Waals surface area contributed by atoms with E-state index in [0.717, 1.165) is 22.7 Å². The second-order valence-electron chi connectivity index (χ2n) is 6.30. The summed E-state index contributed by atoms with van der Waals surface area (Å²) in [6.07, 6.45) is 3.91. The van der Waals surface area contributed by atoms with Crippen molar-refractivity contribution in [2.24, 2.45) is 7.05 Å². The number of nitrogens with zero attached hydrogens (tertiary/aromatic N) is 2. The molecule has 3 aromatic rings. The van der Waals surface area contributed by atoms with Crippen LogP contribution in [0.15, 0.2) is 60.9 Å². The molecule has 5 heteroatoms. The summed E-state index contributed by atoms with van der Waals surface area (Å²) in [6.45, 7) is 2.03. The Kier molecular flexibility index (Phi) is 5.37. The van der Waals surface area contributed by atoms with Crippen LogP contribution < -0.4 is 10.1 Å². The lowest BCUT2D eigenvalue weighted by Gasteiger charge is -2.21. The van der Waals surface area contributed by atoms with Gasteiger partial charge in [-0.25, -0.2) is 4.98 Å². The molecule has 5 nitrogen and oxygen atoms in total. The molecule has 3 rings (SSSR count). The minimum atomic E-state index is -0.385. The van der Waals surface area contributed by atoms with Crippen LogP contribution in [-0.4, -0.2) is 22.6 Å². The van der Waals surface area contributed by atoms with E-state index in [1.807, 2.05) is 73.3 Å². The largest absolute Gasteiger partial charge is 0.496 e. The number of amides is 1. The molecule has 0 aliphatic heterocycles. The summed E-state index contributed by atoms with van der Waals surface area (Å²) >= 11 is 0. The lowest BCUT2D eigenvalue weighted by Crippen LogP contribution is -2.32. The summed E-state index contributed by atoms with van der Waals surface area (Å²) < 4.78 is 7.39. The summed E-state index contributed by atoms with van der Waals surface area (Å²) in [5, 5.41) is 3.11. The van der Waals surface area contributed by atoms with Crippen molar-refractivity contribution in [3.63, 3.8) is 0 Å². The van der Waals surface area contributed by atoms with Crippen LogP contribution in [0.1, 0.15) is 28.6 Å². The second-order valence-corrected chi connectivity index (χ2v) is 6.30. The third kappa shape index (κ3) is 3.94. The van der Waals surface area contributed by atoms with E-state index in [4.69, 9.17) is 4.74 Å². The molecule has 0 bridgehead atoms. The molecule has 134 valence electrons. The molecule has 0 radical (unpaired) electrons. The van der Waals surface area contributed by atoms with Gasteiger partial charge in [-0.1, -0.05) is 48.0 Å². The van der Waals surface area contributed by atoms with Crippen molar-refractivity contribution in [1.82, 2.24) is 14.9 Å². The number of ether oxygens (including phenoxy) is 1. The van der Waals surface area contributed by atoms with Crippen molar-refractivity contribution in [3.05, 3.63) is 83.4 Å². The number of carbonyl (C=O) groups is 1. The minimum absolute atomic E-state index is 0.0623. The molecular weight excluding hydrogens is 326 g/mol. The molecule has 1 atom stereocenters. The number of methoxy groups -OCH3 is 1. The van der Waals surface area contributed by atoms with Gasteiger partial charge in [0.1, 0.15) is 17.6 Å². The van der Waals surface area contributed by atoms with Gasteiger partial charge in [0.25, 0.3) is 0 Å². The van der Waals surface area contributed by atoms with Crippen molar-refractivity contribution in [3.8, 4) is 5.75 Å². The summed E-state index contributed by atoms with van der Waals surface area (Å²) in [5.41, 5.74) is 3.03. The van der Waals surface area contributed by atoms with E-state index in [1.165, 1.54) is 5.56 Å². The molecule has 26 heavy (non-hydrogen) atoms. The van der Waals surface area contributed by atoms with E-state index < -0.39 is 0 Å². The smallest absolute Gasteiger partial charge is 0.225 e. The third-order valence-electron chi connectivity index (χ3n) is 4.36. The SMILES string of the molecule is COc1ccccc1C(NC(=O)Cc1ccc(C)cc1)c1nccn1C. The number of aryl methyl sites for hydroxylation is 2. The number of hydrogen-bond donors (Lipinski definition) is 1. The maximum atomic E-state index is 12.7. The van der Waals surface area contributed by atoms with Crippen LogP contribution in [-0.2, 0) is 18.3 Å². The monoisotopic (exact) mass is 349 g/mol. The zero-order valence-electron chi connectivity index (χ0n) is 15.3. The molecule has 0 saturated heterocycles. The van der Waals surface area contributed by atoms with E-state index in [2.05, 4.69) is 10.3 Å². The summed E-state index contributed by atoms with van der Waals surface area (Å²) in [7, 11) is 3.54. The van der Waals surface area contributed by atoms with Crippen molar-refractivity contribution >= 4 is 5.91 Å². The van der Waals surface area contributed by atoms with Crippen molar-refractivity contribution in [2.45, 2.75) is 19.4 Å². The Balaban J connectivity index is 1.88.